The van der Waals surface area contributed by atoms with Gasteiger partial charge >= 0.3 is 43.1 Å². The quantitative estimate of drug-likeness (QED) is 0.739. The maximum absolute atomic E-state index is 10.3. The van der Waals surface area contributed by atoms with Gasteiger partial charge in [0, 0.05) is 11.1 Å². The van der Waals surface area contributed by atoms with Gasteiger partial charge in [-0.2, -0.15) is 0 Å². The zero-order valence-corrected chi connectivity index (χ0v) is 12.7. The Bertz CT molecular complexity index is 342. The van der Waals surface area contributed by atoms with Crippen molar-refractivity contribution in [2.24, 2.45) is 0 Å². The molecule has 4 nitrogen and oxygen atoms in total. The van der Waals surface area contributed by atoms with Crippen molar-refractivity contribution < 1.29 is 38.1 Å². The number of carbonyl (C=O) groups is 2. The summed E-state index contributed by atoms with van der Waals surface area (Å²) in [5, 5.41) is 22.1. The molecule has 17 heavy (non-hydrogen) atoms. The van der Waals surface area contributed by atoms with Crippen LogP contribution in [0.25, 0.3) is 0 Å². The van der Waals surface area contributed by atoms with E-state index in [4.69, 9.17) is 0 Å². The van der Waals surface area contributed by atoms with E-state index in [1.807, 2.05) is 0 Å². The molecule has 0 N–H and O–H groups in total. The molecular formula is C12H13O4Zn. The van der Waals surface area contributed by atoms with E-state index in [9.17, 15) is 19.8 Å². The summed E-state index contributed by atoms with van der Waals surface area (Å²) in [7, 11) is 0. The summed E-state index contributed by atoms with van der Waals surface area (Å²) in [5.41, 5.74) is -0.727. The minimum Gasteiger partial charge on any atom is -0.545 e. The van der Waals surface area contributed by atoms with Crippen molar-refractivity contribution in [3.05, 3.63) is 35.4 Å². The Morgan fingerprint density at radius 3 is 1.71 bits per heavy atom. The van der Waals surface area contributed by atoms with Crippen molar-refractivity contribution in [2.75, 3.05) is 0 Å². The summed E-state index contributed by atoms with van der Waals surface area (Å²) in [5.74, 6) is -3.04. The van der Waals surface area contributed by atoms with Crippen LogP contribution in [0, 0.1) is 0 Å². The van der Waals surface area contributed by atoms with Crippen molar-refractivity contribution in [2.45, 2.75) is 24.8 Å². The molecule has 1 aromatic carbocycles. The topological polar surface area (TPSA) is 80.3 Å². The van der Waals surface area contributed by atoms with E-state index in [1.54, 1.807) is 0 Å². The first-order chi connectivity index (χ1) is 8.04. The molecule has 0 atom stereocenters. The van der Waals surface area contributed by atoms with Gasteiger partial charge in [0.2, 0.25) is 0 Å². The zero-order valence-electron chi connectivity index (χ0n) is 9.77. The van der Waals surface area contributed by atoms with Gasteiger partial charge in [0.05, 0.1) is 11.9 Å². The summed E-state index contributed by atoms with van der Waals surface area (Å²) in [6, 6.07) is 5.14. The minimum atomic E-state index is -1.52. The first-order valence-corrected chi connectivity index (χ1v) is 7.45. The third-order valence-corrected chi connectivity index (χ3v) is 3.02. The molecule has 1 aromatic rings. The predicted molar refractivity (Wildman–Crippen MR) is 54.8 cm³/mol. The number of rotatable bonds is 4. The summed E-state index contributed by atoms with van der Waals surface area (Å²) >= 11 is 1.48. The molecule has 0 aliphatic heterocycles. The summed E-state index contributed by atoms with van der Waals surface area (Å²) < 4.78 is 0. The average molecular weight is 287 g/mol. The number of carboxylic acid groups (broad SMARTS) is 2. The third kappa shape index (κ3) is 6.17. The second-order valence-electron chi connectivity index (χ2n) is 3.33. The second kappa shape index (κ2) is 8.88. The first kappa shape index (κ1) is 15.8. The van der Waals surface area contributed by atoms with Crippen molar-refractivity contribution >= 4 is 11.9 Å². The van der Waals surface area contributed by atoms with Crippen molar-refractivity contribution in [1.29, 1.82) is 0 Å². The second-order valence-corrected chi connectivity index (χ2v) is 4.81. The van der Waals surface area contributed by atoms with Gasteiger partial charge in [-0.15, -0.1) is 0 Å². The van der Waals surface area contributed by atoms with Gasteiger partial charge in [-0.1, -0.05) is 24.3 Å². The Morgan fingerprint density at radius 1 is 1.12 bits per heavy atom. The monoisotopic (exact) mass is 285 g/mol. The van der Waals surface area contributed by atoms with Crippen molar-refractivity contribution in [3.8, 4) is 0 Å². The molecule has 0 saturated carbocycles. The SMILES string of the molecule is CCC[CH2][Zn+2].O=C([O-])c1ccccc1C(=O)[O-]. The molecule has 0 aliphatic rings. The smallest absolute Gasteiger partial charge is 0.0721 e. The molecule has 1 rings (SSSR count). The molecule has 5 heteroatoms. The van der Waals surface area contributed by atoms with Gasteiger partial charge in [-0.25, -0.2) is 0 Å². The van der Waals surface area contributed by atoms with Crippen LogP contribution in [-0.2, 0) is 18.3 Å². The van der Waals surface area contributed by atoms with Crippen LogP contribution in [-0.4, -0.2) is 11.9 Å². The molecule has 0 fully saturated rings. The van der Waals surface area contributed by atoms with E-state index in [0.717, 1.165) is 12.1 Å². The fourth-order valence-electron chi connectivity index (χ4n) is 1.09. The Balaban J connectivity index is 0.000000437. The number of aromatic carboxylic acids is 2. The molecular weight excluding hydrogens is 274 g/mol. The molecule has 0 radical (unpaired) electrons. The van der Waals surface area contributed by atoms with Gasteiger partial charge in [-0.05, 0) is 0 Å². The Kier molecular flexibility index (Phi) is 8.25. The maximum Gasteiger partial charge on any atom is 0.0721 e. The van der Waals surface area contributed by atoms with Crippen molar-refractivity contribution in [3.63, 3.8) is 0 Å². The Morgan fingerprint density at radius 2 is 1.53 bits per heavy atom. The van der Waals surface area contributed by atoms with Crippen LogP contribution in [0.4, 0.5) is 0 Å². The fourth-order valence-corrected chi connectivity index (χ4v) is 2.14. The van der Waals surface area contributed by atoms with Gasteiger partial charge < -0.3 is 19.8 Å². The number of carbonyl (C=O) groups excluding carboxylic acids is 2. The molecule has 0 amide bonds. The van der Waals surface area contributed by atoms with E-state index < -0.39 is 11.9 Å². The number of carboxylic acids is 2. The molecule has 87 valence electrons. The molecule has 0 unspecified atom stereocenters. The van der Waals surface area contributed by atoms with Crippen LogP contribution in [0.15, 0.2) is 24.3 Å². The number of hydrogen-bond acceptors (Lipinski definition) is 4. The summed E-state index contributed by atoms with van der Waals surface area (Å²) in [4.78, 5) is 20.6. The predicted octanol–water partition coefficient (Wildman–Crippen LogP) is 0.165. The number of benzene rings is 1. The third-order valence-electron chi connectivity index (χ3n) is 1.97. The summed E-state index contributed by atoms with van der Waals surface area (Å²) in [6.07, 6.45) is 2.82. The Hall–Kier alpha value is -1.22. The normalized spacial score (nSPS) is 9.12. The molecule has 0 spiro atoms. The van der Waals surface area contributed by atoms with Crippen LogP contribution in [0.2, 0.25) is 5.02 Å². The summed E-state index contributed by atoms with van der Waals surface area (Å²) in [6.45, 7) is 2.23. The van der Waals surface area contributed by atoms with E-state index in [1.165, 1.54) is 48.3 Å². The van der Waals surface area contributed by atoms with Gasteiger partial charge in [-0.3, -0.25) is 0 Å². The number of unbranched alkanes of at least 4 members (excludes halogenated alkanes) is 1. The van der Waals surface area contributed by atoms with E-state index in [-0.39, 0.29) is 11.1 Å². The van der Waals surface area contributed by atoms with Crippen LogP contribution in [0.3, 0.4) is 0 Å². The van der Waals surface area contributed by atoms with Gasteiger partial charge in [0.25, 0.3) is 0 Å². The average Bonchev–Trinajstić information content (AvgIpc) is 2.30. The maximum atomic E-state index is 10.3. The largest absolute Gasteiger partial charge is 0.545 e. The molecule has 0 bridgehead atoms. The Labute approximate surface area is 110 Å². The van der Waals surface area contributed by atoms with Crippen LogP contribution < -0.4 is 10.2 Å². The van der Waals surface area contributed by atoms with Gasteiger partial charge in [0.15, 0.2) is 0 Å². The van der Waals surface area contributed by atoms with E-state index in [2.05, 4.69) is 6.92 Å². The fraction of sp³-hybridized carbons (Fsp3) is 0.333. The van der Waals surface area contributed by atoms with Gasteiger partial charge in [0.1, 0.15) is 0 Å². The zero-order chi connectivity index (χ0) is 13.3. The molecule has 0 heterocycles. The van der Waals surface area contributed by atoms with Crippen molar-refractivity contribution in [1.82, 2.24) is 0 Å². The van der Waals surface area contributed by atoms with Crippen LogP contribution in [0.5, 0.6) is 0 Å². The first-order valence-electron chi connectivity index (χ1n) is 5.35. The minimum absolute atomic E-state index is 0.363. The molecule has 0 saturated heterocycles. The molecule has 0 aliphatic carbocycles. The number of hydrogen-bond donors (Lipinski definition) is 0. The standard InChI is InChI=1S/C8H6O4.C4H9.Zn/c9-7(10)5-3-1-2-4-6(5)8(11)12;1-3-4-2;/h1-4H,(H,9,10)(H,11,12);1,3-4H2,2H3;/q;;+2/p-2. The molecule has 0 aromatic heterocycles. The van der Waals surface area contributed by atoms with E-state index >= 15 is 0 Å². The van der Waals surface area contributed by atoms with Crippen LogP contribution in [0.1, 0.15) is 40.5 Å². The van der Waals surface area contributed by atoms with Crippen LogP contribution >= 0.6 is 0 Å². The van der Waals surface area contributed by atoms with E-state index in [0.29, 0.717) is 0 Å².